The van der Waals surface area contributed by atoms with Crippen LogP contribution in [0.4, 0.5) is 0 Å². The summed E-state index contributed by atoms with van der Waals surface area (Å²) in [6.07, 6.45) is 9.26. The molecule has 4 saturated carbocycles. The summed E-state index contributed by atoms with van der Waals surface area (Å²) in [6, 6.07) is 0. The molecular weight excluding hydrogens is 422 g/mol. The van der Waals surface area contributed by atoms with Gasteiger partial charge in [0, 0.05) is 6.42 Å². The maximum atomic E-state index is 11.5. The van der Waals surface area contributed by atoms with E-state index in [9.17, 15) is 19.8 Å². The van der Waals surface area contributed by atoms with E-state index in [1.54, 1.807) is 0 Å². The van der Waals surface area contributed by atoms with Gasteiger partial charge in [0.2, 0.25) is 0 Å². The van der Waals surface area contributed by atoms with Crippen LogP contribution in [0, 0.1) is 46.3 Å². The van der Waals surface area contributed by atoms with Crippen molar-refractivity contribution < 1.29 is 30.0 Å². The van der Waals surface area contributed by atoms with Gasteiger partial charge in [-0.2, -0.15) is 0 Å². The van der Waals surface area contributed by atoms with Crippen LogP contribution in [0.25, 0.3) is 0 Å². The van der Waals surface area contributed by atoms with Crippen molar-refractivity contribution in [1.82, 2.24) is 0 Å². The first kappa shape index (κ1) is 26.4. The van der Waals surface area contributed by atoms with Crippen LogP contribution in [-0.2, 0) is 9.59 Å². The molecular formula is C26H45NO6. The highest BCUT2D eigenvalue weighted by atomic mass is 16.4. The molecule has 0 bridgehead atoms. The van der Waals surface area contributed by atoms with Crippen molar-refractivity contribution in [2.45, 2.75) is 97.2 Å². The number of aliphatic hydroxyl groups excluding tert-OH is 2. The number of carboxylic acid groups (broad SMARTS) is 2. The SMILES string of the molecule is C[C@H](CCC(=O)O)[C@H]1CC[C@H]2[C@@H]3CC[C@@H]4C[C@H](O)CC[C@]4(C)[C@H]3C[C@H](O)[C@]12C.NCC(=O)O. The summed E-state index contributed by atoms with van der Waals surface area (Å²) in [5, 5.41) is 38.4. The molecule has 10 atom stereocenters. The van der Waals surface area contributed by atoms with Gasteiger partial charge in [0.1, 0.15) is 0 Å². The fraction of sp³-hybridized carbons (Fsp3) is 0.923. The molecule has 4 aliphatic rings. The number of rotatable bonds is 5. The minimum Gasteiger partial charge on any atom is -0.481 e. The van der Waals surface area contributed by atoms with E-state index in [-0.39, 0.29) is 36.0 Å². The predicted octanol–water partition coefficient (Wildman–Crippen LogP) is 3.51. The summed E-state index contributed by atoms with van der Waals surface area (Å²) in [5.74, 6) is 1.58. The maximum Gasteiger partial charge on any atom is 0.317 e. The first-order valence-electron chi connectivity index (χ1n) is 12.9. The highest BCUT2D eigenvalue weighted by Crippen LogP contribution is 2.68. The second kappa shape index (κ2) is 10.2. The summed E-state index contributed by atoms with van der Waals surface area (Å²) >= 11 is 0. The van der Waals surface area contributed by atoms with Crippen LogP contribution in [0.3, 0.4) is 0 Å². The Kier molecular flexibility index (Phi) is 8.17. The molecule has 0 amide bonds. The van der Waals surface area contributed by atoms with Gasteiger partial charge in [-0.3, -0.25) is 9.59 Å². The monoisotopic (exact) mass is 467 g/mol. The molecule has 4 aliphatic carbocycles. The molecule has 0 heterocycles. The molecule has 0 aliphatic heterocycles. The molecule has 190 valence electrons. The molecule has 0 unspecified atom stereocenters. The molecule has 4 fully saturated rings. The molecule has 4 rings (SSSR count). The van der Waals surface area contributed by atoms with E-state index in [4.69, 9.17) is 10.2 Å². The standard InChI is InChI=1S/C24H40O4.C2H5NO2/c1-14(4-9-22(27)28)18-7-8-19-17-6-5-15-12-16(25)10-11-23(15,2)20(17)13-21(26)24(18,19)3;3-1-2(4)5/h14-21,25-26H,4-13H2,1-3H3,(H,27,28);1,3H2,(H,4,5)/t14-,15-,16-,17+,18-,19+,20+,21+,23+,24-;/m1./s1. The van der Waals surface area contributed by atoms with E-state index < -0.39 is 11.9 Å². The third kappa shape index (κ3) is 4.96. The number of hydrogen-bond acceptors (Lipinski definition) is 5. The second-order valence-corrected chi connectivity index (χ2v) is 11.9. The quantitative estimate of drug-likeness (QED) is 0.416. The lowest BCUT2D eigenvalue weighted by molar-refractivity contribution is -0.175. The van der Waals surface area contributed by atoms with Gasteiger partial charge in [-0.15, -0.1) is 0 Å². The molecule has 6 N–H and O–H groups in total. The molecule has 7 nitrogen and oxygen atoms in total. The molecule has 7 heteroatoms. The lowest BCUT2D eigenvalue weighted by Gasteiger charge is -2.62. The van der Waals surface area contributed by atoms with E-state index in [0.717, 1.165) is 38.5 Å². The summed E-state index contributed by atoms with van der Waals surface area (Å²) < 4.78 is 0. The molecule has 0 radical (unpaired) electrons. The van der Waals surface area contributed by atoms with Crippen LogP contribution < -0.4 is 5.73 Å². The van der Waals surface area contributed by atoms with E-state index in [1.807, 2.05) is 0 Å². The van der Waals surface area contributed by atoms with Gasteiger partial charge in [-0.05, 0) is 104 Å². The minimum absolute atomic E-state index is 0.0591. The third-order valence-corrected chi connectivity index (χ3v) is 10.5. The predicted molar refractivity (Wildman–Crippen MR) is 125 cm³/mol. The van der Waals surface area contributed by atoms with Gasteiger partial charge >= 0.3 is 11.9 Å². The van der Waals surface area contributed by atoms with E-state index in [1.165, 1.54) is 19.3 Å². The number of aliphatic carboxylic acids is 2. The third-order valence-electron chi connectivity index (χ3n) is 10.5. The molecule has 0 aromatic heterocycles. The van der Waals surface area contributed by atoms with Crippen LogP contribution in [-0.4, -0.2) is 51.1 Å². The van der Waals surface area contributed by atoms with Crippen molar-refractivity contribution in [2.24, 2.45) is 52.1 Å². The lowest BCUT2D eigenvalue weighted by Crippen LogP contribution is -2.58. The summed E-state index contributed by atoms with van der Waals surface area (Å²) in [6.45, 7) is 6.71. The Bertz CT molecular complexity index is 715. The largest absolute Gasteiger partial charge is 0.481 e. The number of fused-ring (bicyclic) bond motifs is 5. The van der Waals surface area contributed by atoms with Crippen molar-refractivity contribution in [3.8, 4) is 0 Å². The fourth-order valence-electron chi connectivity index (χ4n) is 8.71. The summed E-state index contributed by atoms with van der Waals surface area (Å²) in [5.41, 5.74) is 4.79. The summed E-state index contributed by atoms with van der Waals surface area (Å²) in [4.78, 5) is 20.3. The minimum atomic E-state index is -0.968. The van der Waals surface area contributed by atoms with E-state index >= 15 is 0 Å². The van der Waals surface area contributed by atoms with Crippen LogP contribution in [0.2, 0.25) is 0 Å². The first-order valence-corrected chi connectivity index (χ1v) is 12.9. The Balaban J connectivity index is 0.000000555. The number of hydrogen-bond donors (Lipinski definition) is 5. The number of carboxylic acids is 2. The zero-order valence-corrected chi connectivity index (χ0v) is 20.6. The van der Waals surface area contributed by atoms with Gasteiger partial charge in [-0.25, -0.2) is 0 Å². The van der Waals surface area contributed by atoms with Gasteiger partial charge < -0.3 is 26.2 Å². The highest BCUT2D eigenvalue weighted by molar-refractivity contribution is 5.68. The van der Waals surface area contributed by atoms with E-state index in [0.29, 0.717) is 35.5 Å². The molecule has 0 aromatic rings. The van der Waals surface area contributed by atoms with E-state index in [2.05, 4.69) is 26.5 Å². The average Bonchev–Trinajstić information content (AvgIpc) is 3.12. The lowest BCUT2D eigenvalue weighted by atomic mass is 9.43. The molecule has 33 heavy (non-hydrogen) atoms. The Morgan fingerprint density at radius 2 is 1.64 bits per heavy atom. The number of carbonyl (C=O) groups is 2. The Morgan fingerprint density at radius 1 is 0.970 bits per heavy atom. The molecule has 0 aromatic carbocycles. The summed E-state index contributed by atoms with van der Waals surface area (Å²) in [7, 11) is 0. The van der Waals surface area contributed by atoms with Gasteiger partial charge in [0.15, 0.2) is 0 Å². The van der Waals surface area contributed by atoms with Crippen molar-refractivity contribution in [3.63, 3.8) is 0 Å². The van der Waals surface area contributed by atoms with Crippen molar-refractivity contribution in [2.75, 3.05) is 6.54 Å². The Hall–Kier alpha value is -1.18. The van der Waals surface area contributed by atoms with Crippen molar-refractivity contribution >= 4 is 11.9 Å². The van der Waals surface area contributed by atoms with Crippen LogP contribution in [0.5, 0.6) is 0 Å². The van der Waals surface area contributed by atoms with Gasteiger partial charge in [-0.1, -0.05) is 20.8 Å². The van der Waals surface area contributed by atoms with Crippen molar-refractivity contribution in [3.05, 3.63) is 0 Å². The smallest absolute Gasteiger partial charge is 0.317 e. The number of aliphatic hydroxyl groups is 2. The Morgan fingerprint density at radius 3 is 2.24 bits per heavy atom. The normalized spacial score (nSPS) is 45.0. The first-order chi connectivity index (χ1) is 15.4. The second-order valence-electron chi connectivity index (χ2n) is 11.9. The average molecular weight is 468 g/mol. The fourth-order valence-corrected chi connectivity index (χ4v) is 8.71. The van der Waals surface area contributed by atoms with Gasteiger partial charge in [0.05, 0.1) is 18.8 Å². The van der Waals surface area contributed by atoms with Crippen molar-refractivity contribution in [1.29, 1.82) is 0 Å². The number of nitrogens with two attached hydrogens (primary N) is 1. The van der Waals surface area contributed by atoms with Crippen LogP contribution in [0.15, 0.2) is 0 Å². The topological polar surface area (TPSA) is 141 Å². The van der Waals surface area contributed by atoms with Crippen LogP contribution >= 0.6 is 0 Å². The zero-order valence-electron chi connectivity index (χ0n) is 20.6. The maximum absolute atomic E-state index is 11.5. The van der Waals surface area contributed by atoms with Crippen LogP contribution in [0.1, 0.15) is 85.0 Å². The molecule has 0 saturated heterocycles. The molecule has 0 spiro atoms. The van der Waals surface area contributed by atoms with Gasteiger partial charge in [0.25, 0.3) is 0 Å². The zero-order chi connectivity index (χ0) is 24.6. The Labute approximate surface area is 198 Å². The highest BCUT2D eigenvalue weighted by Gasteiger charge is 2.63.